The quantitative estimate of drug-likeness (QED) is 0.625. The summed E-state index contributed by atoms with van der Waals surface area (Å²) in [6.45, 7) is 12.7. The molecule has 0 rings (SSSR count). The van der Waals surface area contributed by atoms with Gasteiger partial charge in [-0.3, -0.25) is 4.79 Å². The first-order chi connectivity index (χ1) is 6.40. The molecule has 1 heteroatoms. The third-order valence-corrected chi connectivity index (χ3v) is 4.22. The minimum atomic E-state index is -0.110. The highest BCUT2D eigenvalue weighted by Crippen LogP contribution is 2.39. The van der Waals surface area contributed by atoms with Crippen LogP contribution in [-0.2, 0) is 4.79 Å². The standard InChI is InChI=1S/C13H26O/c1-7-12(5,8-2)11(14)13(6,9-3)10-4/h7-10H2,1-6H3. The molecule has 0 amide bonds. The Morgan fingerprint density at radius 2 is 1.00 bits per heavy atom. The van der Waals surface area contributed by atoms with Gasteiger partial charge in [-0.1, -0.05) is 41.5 Å². The lowest BCUT2D eigenvalue weighted by Gasteiger charge is -2.36. The Balaban J connectivity index is 4.90. The van der Waals surface area contributed by atoms with Gasteiger partial charge in [0.25, 0.3) is 0 Å². The third kappa shape index (κ3) is 2.37. The van der Waals surface area contributed by atoms with Crippen molar-refractivity contribution in [1.82, 2.24) is 0 Å². The molecule has 0 bridgehead atoms. The summed E-state index contributed by atoms with van der Waals surface area (Å²) in [7, 11) is 0. The maximum atomic E-state index is 12.4. The van der Waals surface area contributed by atoms with Crippen molar-refractivity contribution in [2.45, 2.75) is 67.2 Å². The molecule has 0 aromatic heterocycles. The third-order valence-electron chi connectivity index (χ3n) is 4.22. The summed E-state index contributed by atoms with van der Waals surface area (Å²) < 4.78 is 0. The average molecular weight is 198 g/mol. The fourth-order valence-electron chi connectivity index (χ4n) is 1.87. The summed E-state index contributed by atoms with van der Waals surface area (Å²) in [5, 5.41) is 0. The lowest BCUT2D eigenvalue weighted by molar-refractivity contribution is -0.138. The lowest BCUT2D eigenvalue weighted by Crippen LogP contribution is -2.39. The molecule has 1 nitrogen and oxygen atoms in total. The Morgan fingerprint density at radius 3 is 1.14 bits per heavy atom. The highest BCUT2D eigenvalue weighted by molar-refractivity contribution is 5.89. The summed E-state index contributed by atoms with van der Waals surface area (Å²) in [4.78, 5) is 12.4. The summed E-state index contributed by atoms with van der Waals surface area (Å²) in [6.07, 6.45) is 3.83. The monoisotopic (exact) mass is 198 g/mol. The summed E-state index contributed by atoms with van der Waals surface area (Å²) >= 11 is 0. The van der Waals surface area contributed by atoms with E-state index in [0.29, 0.717) is 5.78 Å². The molecule has 0 aromatic carbocycles. The van der Waals surface area contributed by atoms with Gasteiger partial charge in [0.05, 0.1) is 0 Å². The zero-order valence-electron chi connectivity index (χ0n) is 10.7. The van der Waals surface area contributed by atoms with Crippen LogP contribution in [0.1, 0.15) is 67.2 Å². The van der Waals surface area contributed by atoms with Crippen molar-refractivity contribution in [2.24, 2.45) is 10.8 Å². The van der Waals surface area contributed by atoms with E-state index in [2.05, 4.69) is 41.5 Å². The molecule has 0 radical (unpaired) electrons. The second kappa shape index (κ2) is 4.95. The molecule has 14 heavy (non-hydrogen) atoms. The van der Waals surface area contributed by atoms with E-state index >= 15 is 0 Å². The lowest BCUT2D eigenvalue weighted by atomic mass is 9.66. The minimum Gasteiger partial charge on any atom is -0.298 e. The molecular weight excluding hydrogens is 172 g/mol. The average Bonchev–Trinajstić information content (AvgIpc) is 2.25. The Bertz CT molecular complexity index is 165. The topological polar surface area (TPSA) is 17.1 Å². The number of rotatable bonds is 6. The predicted molar refractivity (Wildman–Crippen MR) is 62.4 cm³/mol. The summed E-state index contributed by atoms with van der Waals surface area (Å²) in [5.74, 6) is 0.458. The van der Waals surface area contributed by atoms with Crippen molar-refractivity contribution in [3.05, 3.63) is 0 Å². The van der Waals surface area contributed by atoms with Crippen molar-refractivity contribution >= 4 is 5.78 Å². The van der Waals surface area contributed by atoms with E-state index in [1.54, 1.807) is 0 Å². The van der Waals surface area contributed by atoms with E-state index in [1.165, 1.54) is 0 Å². The van der Waals surface area contributed by atoms with Crippen LogP contribution in [0.5, 0.6) is 0 Å². The number of ketones is 1. The van der Waals surface area contributed by atoms with Crippen LogP contribution in [0.15, 0.2) is 0 Å². The second-order valence-electron chi connectivity index (χ2n) is 4.86. The SMILES string of the molecule is CCC(C)(CC)C(=O)C(C)(CC)CC. The largest absolute Gasteiger partial charge is 0.298 e. The van der Waals surface area contributed by atoms with Crippen molar-refractivity contribution < 1.29 is 4.79 Å². The highest BCUT2D eigenvalue weighted by atomic mass is 16.1. The Hall–Kier alpha value is -0.330. The molecule has 0 heterocycles. The smallest absolute Gasteiger partial charge is 0.144 e. The fraction of sp³-hybridized carbons (Fsp3) is 0.923. The molecule has 0 atom stereocenters. The first-order valence-electron chi connectivity index (χ1n) is 5.95. The van der Waals surface area contributed by atoms with Crippen LogP contribution in [0.3, 0.4) is 0 Å². The maximum absolute atomic E-state index is 12.4. The zero-order chi connectivity index (χ0) is 11.4. The highest BCUT2D eigenvalue weighted by Gasteiger charge is 2.40. The molecule has 0 aliphatic carbocycles. The van der Waals surface area contributed by atoms with Crippen molar-refractivity contribution in [3.63, 3.8) is 0 Å². The summed E-state index contributed by atoms with van der Waals surface area (Å²) in [5.41, 5.74) is -0.221. The van der Waals surface area contributed by atoms with Gasteiger partial charge in [0.1, 0.15) is 5.78 Å². The first kappa shape index (κ1) is 13.7. The van der Waals surface area contributed by atoms with Gasteiger partial charge in [0, 0.05) is 10.8 Å². The normalized spacial score (nSPS) is 13.0. The maximum Gasteiger partial charge on any atom is 0.144 e. The molecule has 0 N–H and O–H groups in total. The van der Waals surface area contributed by atoms with Crippen LogP contribution in [0.25, 0.3) is 0 Å². The number of hydrogen-bond donors (Lipinski definition) is 0. The molecule has 0 saturated heterocycles. The number of carbonyl (C=O) groups excluding carboxylic acids is 1. The number of Topliss-reactive ketones (excluding diaryl/α,β-unsaturated/α-hetero) is 1. The van der Waals surface area contributed by atoms with Gasteiger partial charge in [-0.05, 0) is 25.7 Å². The zero-order valence-corrected chi connectivity index (χ0v) is 10.7. The molecular formula is C13H26O. The molecule has 0 aromatic rings. The van der Waals surface area contributed by atoms with Gasteiger partial charge in [0.2, 0.25) is 0 Å². The Kier molecular flexibility index (Phi) is 4.83. The van der Waals surface area contributed by atoms with Gasteiger partial charge in [-0.15, -0.1) is 0 Å². The van der Waals surface area contributed by atoms with Crippen molar-refractivity contribution in [3.8, 4) is 0 Å². The van der Waals surface area contributed by atoms with Gasteiger partial charge in [0.15, 0.2) is 0 Å². The van der Waals surface area contributed by atoms with E-state index < -0.39 is 0 Å². The minimum absolute atomic E-state index is 0.110. The molecule has 0 unspecified atom stereocenters. The van der Waals surface area contributed by atoms with E-state index in [0.717, 1.165) is 25.7 Å². The molecule has 0 aliphatic heterocycles. The molecule has 0 saturated carbocycles. The van der Waals surface area contributed by atoms with E-state index in [-0.39, 0.29) is 10.8 Å². The van der Waals surface area contributed by atoms with Crippen LogP contribution < -0.4 is 0 Å². The molecule has 84 valence electrons. The van der Waals surface area contributed by atoms with Crippen molar-refractivity contribution in [1.29, 1.82) is 0 Å². The fourth-order valence-corrected chi connectivity index (χ4v) is 1.87. The van der Waals surface area contributed by atoms with Gasteiger partial charge < -0.3 is 0 Å². The predicted octanol–water partition coefficient (Wildman–Crippen LogP) is 4.21. The molecule has 0 spiro atoms. The number of hydrogen-bond acceptors (Lipinski definition) is 1. The molecule has 0 aliphatic rings. The first-order valence-corrected chi connectivity index (χ1v) is 5.95. The van der Waals surface area contributed by atoms with Gasteiger partial charge in [-0.2, -0.15) is 0 Å². The van der Waals surface area contributed by atoms with Crippen LogP contribution in [0.4, 0.5) is 0 Å². The summed E-state index contributed by atoms with van der Waals surface area (Å²) in [6, 6.07) is 0. The van der Waals surface area contributed by atoms with Crippen LogP contribution in [-0.4, -0.2) is 5.78 Å². The van der Waals surface area contributed by atoms with Crippen molar-refractivity contribution in [2.75, 3.05) is 0 Å². The van der Waals surface area contributed by atoms with Crippen LogP contribution >= 0.6 is 0 Å². The Morgan fingerprint density at radius 1 is 0.786 bits per heavy atom. The van der Waals surface area contributed by atoms with Crippen LogP contribution in [0.2, 0.25) is 0 Å². The molecule has 0 fully saturated rings. The van der Waals surface area contributed by atoms with E-state index in [9.17, 15) is 4.79 Å². The van der Waals surface area contributed by atoms with Crippen LogP contribution in [0, 0.1) is 10.8 Å². The second-order valence-corrected chi connectivity index (χ2v) is 4.86. The Labute approximate surface area is 89.3 Å². The van der Waals surface area contributed by atoms with E-state index in [1.807, 2.05) is 0 Å². The van der Waals surface area contributed by atoms with Gasteiger partial charge >= 0.3 is 0 Å². The van der Waals surface area contributed by atoms with Gasteiger partial charge in [-0.25, -0.2) is 0 Å². The van der Waals surface area contributed by atoms with E-state index in [4.69, 9.17) is 0 Å². The number of carbonyl (C=O) groups is 1.